The maximum atomic E-state index is 5.85. The van der Waals surface area contributed by atoms with E-state index in [1.165, 1.54) is 0 Å². The summed E-state index contributed by atoms with van der Waals surface area (Å²) in [7, 11) is 2.00. The van der Waals surface area contributed by atoms with Crippen molar-refractivity contribution in [2.24, 2.45) is 17.9 Å². The summed E-state index contributed by atoms with van der Waals surface area (Å²) in [6.45, 7) is 0.797. The zero-order valence-corrected chi connectivity index (χ0v) is 14.2. The minimum Gasteiger partial charge on any atom is -0.319 e. The standard InChI is InChI=1S/C16H20IN4/c1-20-10-7-14(8-11-20)13-19-21(12-9-16(17)18)15-5-3-2-4-6-15/h2-8,10-11,13,16H,9,12,18H2,1H3/q+1. The number of nitrogens with two attached hydrogens (primary N) is 1. The molecule has 0 aliphatic carbocycles. The Hall–Kier alpha value is -1.47. The maximum absolute atomic E-state index is 5.85. The summed E-state index contributed by atoms with van der Waals surface area (Å²) in [6.07, 6.45) is 6.78. The van der Waals surface area contributed by atoms with Gasteiger partial charge in [-0.05, 0) is 18.6 Å². The first-order valence-corrected chi connectivity index (χ1v) is 8.11. The molecule has 1 atom stereocenters. The van der Waals surface area contributed by atoms with Crippen LogP contribution >= 0.6 is 22.6 Å². The third kappa shape index (κ3) is 5.43. The summed E-state index contributed by atoms with van der Waals surface area (Å²) in [5.41, 5.74) is 8.00. The molecule has 110 valence electrons. The number of hydrogen-bond donors (Lipinski definition) is 1. The van der Waals surface area contributed by atoms with Crippen LogP contribution in [-0.4, -0.2) is 16.8 Å². The highest BCUT2D eigenvalue weighted by atomic mass is 127. The lowest BCUT2D eigenvalue weighted by Crippen LogP contribution is -2.26. The van der Waals surface area contributed by atoms with Gasteiger partial charge in [-0.15, -0.1) is 0 Å². The normalized spacial score (nSPS) is 12.5. The smallest absolute Gasteiger partial charge is 0.169 e. The van der Waals surface area contributed by atoms with E-state index >= 15 is 0 Å². The van der Waals surface area contributed by atoms with E-state index in [4.69, 9.17) is 5.73 Å². The summed E-state index contributed by atoms with van der Waals surface area (Å²) < 4.78 is 2.14. The van der Waals surface area contributed by atoms with E-state index < -0.39 is 0 Å². The average Bonchev–Trinajstić information content (AvgIpc) is 2.50. The molecule has 2 N–H and O–H groups in total. The van der Waals surface area contributed by atoms with Gasteiger partial charge in [0.2, 0.25) is 0 Å². The molecule has 1 aromatic carbocycles. The minimum absolute atomic E-state index is 0.139. The molecule has 0 aliphatic heterocycles. The van der Waals surface area contributed by atoms with E-state index in [9.17, 15) is 0 Å². The van der Waals surface area contributed by atoms with E-state index in [-0.39, 0.29) is 4.05 Å². The van der Waals surface area contributed by atoms with Crippen LogP contribution in [0.1, 0.15) is 12.0 Å². The number of aryl methyl sites for hydroxylation is 1. The number of para-hydroxylation sites is 1. The van der Waals surface area contributed by atoms with Crippen LogP contribution in [0.5, 0.6) is 0 Å². The van der Waals surface area contributed by atoms with Crippen molar-refractivity contribution in [3.05, 3.63) is 60.4 Å². The third-order valence-corrected chi connectivity index (χ3v) is 3.64. The Labute approximate surface area is 139 Å². The first kappa shape index (κ1) is 15.9. The number of benzene rings is 1. The van der Waals surface area contributed by atoms with Crippen LogP contribution in [0, 0.1) is 0 Å². The summed E-state index contributed by atoms with van der Waals surface area (Å²) in [5.74, 6) is 0. The lowest BCUT2D eigenvalue weighted by Gasteiger charge is -2.19. The van der Waals surface area contributed by atoms with Crippen molar-refractivity contribution in [3.63, 3.8) is 0 Å². The molecular formula is C16H20IN4+. The van der Waals surface area contributed by atoms with Gasteiger partial charge in [0.1, 0.15) is 7.05 Å². The van der Waals surface area contributed by atoms with E-state index in [0.29, 0.717) is 0 Å². The average molecular weight is 395 g/mol. The highest BCUT2D eigenvalue weighted by Gasteiger charge is 2.06. The van der Waals surface area contributed by atoms with Crippen LogP contribution in [0.3, 0.4) is 0 Å². The van der Waals surface area contributed by atoms with Crippen molar-refractivity contribution >= 4 is 34.5 Å². The van der Waals surface area contributed by atoms with Crippen molar-refractivity contribution in [3.8, 4) is 0 Å². The molecule has 0 amide bonds. The predicted octanol–water partition coefficient (Wildman–Crippen LogP) is 2.46. The quantitative estimate of drug-likeness (QED) is 0.204. The predicted molar refractivity (Wildman–Crippen MR) is 95.6 cm³/mol. The van der Waals surface area contributed by atoms with Crippen LogP contribution in [0.15, 0.2) is 60.0 Å². The summed E-state index contributed by atoms with van der Waals surface area (Å²) in [6, 6.07) is 14.2. The number of aromatic nitrogens is 1. The zero-order chi connectivity index (χ0) is 15.1. The molecule has 2 aromatic rings. The van der Waals surface area contributed by atoms with Crippen molar-refractivity contribution in [2.45, 2.75) is 10.5 Å². The lowest BCUT2D eigenvalue weighted by molar-refractivity contribution is -0.671. The van der Waals surface area contributed by atoms with E-state index in [1.807, 2.05) is 65.6 Å². The van der Waals surface area contributed by atoms with Gasteiger partial charge in [0.05, 0.1) is 16.0 Å². The largest absolute Gasteiger partial charge is 0.319 e. The molecule has 1 aromatic heterocycles. The molecule has 0 bridgehead atoms. The fourth-order valence-electron chi connectivity index (χ4n) is 1.83. The van der Waals surface area contributed by atoms with Crippen LogP contribution in [0.4, 0.5) is 5.69 Å². The Morgan fingerprint density at radius 2 is 1.90 bits per heavy atom. The minimum atomic E-state index is 0.139. The number of rotatable bonds is 6. The summed E-state index contributed by atoms with van der Waals surface area (Å²) >= 11 is 2.24. The van der Waals surface area contributed by atoms with Crippen molar-refractivity contribution in [2.75, 3.05) is 11.6 Å². The van der Waals surface area contributed by atoms with E-state index in [2.05, 4.69) is 39.8 Å². The van der Waals surface area contributed by atoms with Gasteiger partial charge in [-0.25, -0.2) is 4.57 Å². The molecule has 2 rings (SSSR count). The molecule has 0 spiro atoms. The Balaban J connectivity index is 2.13. The number of hydrazone groups is 1. The van der Waals surface area contributed by atoms with E-state index in [0.717, 1.165) is 24.2 Å². The molecule has 1 unspecified atom stereocenters. The topological polar surface area (TPSA) is 45.5 Å². The molecule has 0 fully saturated rings. The van der Waals surface area contributed by atoms with Crippen molar-refractivity contribution < 1.29 is 4.57 Å². The van der Waals surface area contributed by atoms with Gasteiger partial charge < -0.3 is 5.73 Å². The SMILES string of the molecule is C[n+]1ccc(/C=N/N(CCC(N)I)c2ccccc2)cc1. The van der Waals surface area contributed by atoms with Gasteiger partial charge in [0, 0.05) is 24.2 Å². The van der Waals surface area contributed by atoms with Crippen molar-refractivity contribution in [1.29, 1.82) is 0 Å². The second-order valence-electron chi connectivity index (χ2n) is 4.80. The second-order valence-corrected chi connectivity index (χ2v) is 6.40. The molecule has 0 aliphatic rings. The van der Waals surface area contributed by atoms with Gasteiger partial charge in [0.15, 0.2) is 12.4 Å². The molecular weight excluding hydrogens is 375 g/mol. The molecule has 0 saturated carbocycles. The van der Waals surface area contributed by atoms with E-state index in [1.54, 1.807) is 0 Å². The second kappa shape index (κ2) is 8.09. The van der Waals surface area contributed by atoms with Crippen molar-refractivity contribution in [1.82, 2.24) is 0 Å². The Bertz CT molecular complexity index is 567. The lowest BCUT2D eigenvalue weighted by atomic mass is 10.3. The summed E-state index contributed by atoms with van der Waals surface area (Å²) in [4.78, 5) is 0. The first-order chi connectivity index (χ1) is 10.1. The van der Waals surface area contributed by atoms with Gasteiger partial charge in [-0.2, -0.15) is 5.10 Å². The number of pyridine rings is 1. The van der Waals surface area contributed by atoms with Crippen LogP contribution in [0.2, 0.25) is 0 Å². The molecule has 4 nitrogen and oxygen atoms in total. The first-order valence-electron chi connectivity index (χ1n) is 6.86. The monoisotopic (exact) mass is 395 g/mol. The van der Waals surface area contributed by atoms with Gasteiger partial charge in [-0.3, -0.25) is 5.01 Å². The number of hydrogen-bond acceptors (Lipinski definition) is 3. The Morgan fingerprint density at radius 3 is 2.52 bits per heavy atom. The number of nitrogens with zero attached hydrogens (tertiary/aromatic N) is 3. The summed E-state index contributed by atoms with van der Waals surface area (Å²) in [5, 5.41) is 6.60. The fourth-order valence-corrected chi connectivity index (χ4v) is 2.11. The Morgan fingerprint density at radius 1 is 1.24 bits per heavy atom. The van der Waals surface area contributed by atoms with Gasteiger partial charge in [0.25, 0.3) is 0 Å². The number of alkyl halides is 1. The molecule has 0 radical (unpaired) electrons. The third-order valence-electron chi connectivity index (χ3n) is 3.02. The Kier molecular flexibility index (Phi) is 6.13. The highest BCUT2D eigenvalue weighted by molar-refractivity contribution is 14.1. The van der Waals surface area contributed by atoms with Gasteiger partial charge >= 0.3 is 0 Å². The van der Waals surface area contributed by atoms with Gasteiger partial charge in [-0.1, -0.05) is 40.8 Å². The van der Waals surface area contributed by atoms with Crippen LogP contribution < -0.4 is 15.3 Å². The molecule has 21 heavy (non-hydrogen) atoms. The number of halogens is 1. The van der Waals surface area contributed by atoms with Crippen LogP contribution in [-0.2, 0) is 7.05 Å². The molecule has 0 saturated heterocycles. The number of anilines is 1. The fraction of sp³-hybridized carbons (Fsp3) is 0.250. The maximum Gasteiger partial charge on any atom is 0.169 e. The zero-order valence-electron chi connectivity index (χ0n) is 12.1. The highest BCUT2D eigenvalue weighted by Crippen LogP contribution is 2.15. The molecule has 1 heterocycles. The van der Waals surface area contributed by atoms with Crippen LogP contribution in [0.25, 0.3) is 0 Å². The molecule has 5 heteroatoms.